The van der Waals surface area contributed by atoms with Crippen molar-refractivity contribution in [3.8, 4) is 0 Å². The third kappa shape index (κ3) is 6.18. The van der Waals surface area contributed by atoms with E-state index >= 15 is 0 Å². The lowest BCUT2D eigenvalue weighted by atomic mass is 10.2. The Hall–Kier alpha value is -0.320. The molecule has 2 atom stereocenters. The highest BCUT2D eigenvalue weighted by Crippen LogP contribution is 2.04. The van der Waals surface area contributed by atoms with Crippen molar-refractivity contribution in [3.63, 3.8) is 0 Å². The van der Waals surface area contributed by atoms with Gasteiger partial charge in [0.05, 0.1) is 23.9 Å². The van der Waals surface area contributed by atoms with Gasteiger partial charge in [-0.05, 0) is 27.7 Å². The fourth-order valence-corrected chi connectivity index (χ4v) is 0.757. The Morgan fingerprint density at radius 1 is 1.50 bits per heavy atom. The molecule has 1 unspecified atom stereocenters. The van der Waals surface area contributed by atoms with Crippen LogP contribution in [-0.4, -0.2) is 30.3 Å². The molecule has 0 aromatic heterocycles. The van der Waals surface area contributed by atoms with Crippen LogP contribution in [0.15, 0.2) is 0 Å². The van der Waals surface area contributed by atoms with Gasteiger partial charge >= 0.3 is 0 Å². The van der Waals surface area contributed by atoms with Crippen LogP contribution in [0.4, 0.5) is 0 Å². The second kappa shape index (κ2) is 6.22. The molecule has 1 amide bonds. The zero-order valence-corrected chi connectivity index (χ0v) is 9.89. The smallest absolute Gasteiger partial charge is 0.208 e. The Morgan fingerprint density at radius 3 is 2.50 bits per heavy atom. The van der Waals surface area contributed by atoms with E-state index in [4.69, 9.17) is 16.3 Å². The number of hydrogen-bond acceptors (Lipinski definition) is 3. The predicted molar refractivity (Wildman–Crippen MR) is 57.1 cm³/mol. The van der Waals surface area contributed by atoms with Crippen LogP contribution in [-0.2, 0) is 9.53 Å². The zero-order valence-electron chi connectivity index (χ0n) is 9.13. The van der Waals surface area contributed by atoms with E-state index < -0.39 is 5.66 Å². The SMILES string of the molecule is CC(OCNC(C)(C)NC=O)[C@H](C)Cl. The van der Waals surface area contributed by atoms with E-state index in [1.807, 2.05) is 27.7 Å². The third-order valence-electron chi connectivity index (χ3n) is 1.93. The Kier molecular flexibility index (Phi) is 6.08. The van der Waals surface area contributed by atoms with E-state index in [1.165, 1.54) is 0 Å². The maximum Gasteiger partial charge on any atom is 0.208 e. The summed E-state index contributed by atoms with van der Waals surface area (Å²) >= 11 is 5.81. The normalized spacial score (nSPS) is 16.1. The molecule has 0 aliphatic rings. The molecule has 0 spiro atoms. The average Bonchev–Trinajstić information content (AvgIpc) is 2.03. The highest BCUT2D eigenvalue weighted by Gasteiger charge is 2.16. The Morgan fingerprint density at radius 2 is 2.07 bits per heavy atom. The first-order valence-corrected chi connectivity index (χ1v) is 5.04. The molecule has 0 heterocycles. The van der Waals surface area contributed by atoms with Gasteiger partial charge in [0.15, 0.2) is 0 Å². The summed E-state index contributed by atoms with van der Waals surface area (Å²) in [5.74, 6) is 0. The summed E-state index contributed by atoms with van der Waals surface area (Å²) in [4.78, 5) is 10.2. The summed E-state index contributed by atoms with van der Waals surface area (Å²) in [6.45, 7) is 7.83. The minimum atomic E-state index is -0.461. The molecular formula is C9H19ClN2O2. The third-order valence-corrected chi connectivity index (χ3v) is 2.28. The zero-order chi connectivity index (χ0) is 11.2. The number of hydrogen-bond donors (Lipinski definition) is 2. The lowest BCUT2D eigenvalue weighted by Gasteiger charge is -2.26. The molecule has 0 aliphatic carbocycles. The van der Waals surface area contributed by atoms with Gasteiger partial charge in [-0.25, -0.2) is 0 Å². The van der Waals surface area contributed by atoms with Crippen LogP contribution in [0.3, 0.4) is 0 Å². The number of nitrogens with one attached hydrogen (secondary N) is 2. The van der Waals surface area contributed by atoms with Gasteiger partial charge in [-0.1, -0.05) is 0 Å². The number of halogens is 1. The van der Waals surface area contributed by atoms with E-state index in [-0.39, 0.29) is 11.5 Å². The van der Waals surface area contributed by atoms with Crippen molar-refractivity contribution in [2.24, 2.45) is 0 Å². The van der Waals surface area contributed by atoms with Crippen molar-refractivity contribution < 1.29 is 9.53 Å². The van der Waals surface area contributed by atoms with Crippen LogP contribution < -0.4 is 10.6 Å². The molecule has 5 heteroatoms. The molecule has 0 bridgehead atoms. The van der Waals surface area contributed by atoms with Gasteiger partial charge in [-0.3, -0.25) is 10.1 Å². The standard InChI is InChI=1S/C9H19ClN2O2/c1-7(10)8(2)14-6-12-9(3,4)11-5-13/h5,7-8,12H,6H2,1-4H3,(H,11,13)/t7-,8?/m0/s1. The largest absolute Gasteiger partial charge is 0.362 e. The van der Waals surface area contributed by atoms with Gasteiger partial charge in [0.2, 0.25) is 6.41 Å². The number of carbonyl (C=O) groups is 1. The number of carbonyl (C=O) groups excluding carboxylic acids is 1. The monoisotopic (exact) mass is 222 g/mol. The van der Waals surface area contributed by atoms with Crippen molar-refractivity contribution in [1.29, 1.82) is 0 Å². The van der Waals surface area contributed by atoms with E-state index in [0.717, 1.165) is 0 Å². The van der Waals surface area contributed by atoms with Crippen LogP contribution in [0.5, 0.6) is 0 Å². The Balaban J connectivity index is 3.67. The van der Waals surface area contributed by atoms with Crippen LogP contribution in [0, 0.1) is 0 Å². The number of ether oxygens (including phenoxy) is 1. The quantitative estimate of drug-likeness (QED) is 0.385. The lowest BCUT2D eigenvalue weighted by Crippen LogP contribution is -2.52. The fraction of sp³-hybridized carbons (Fsp3) is 0.889. The van der Waals surface area contributed by atoms with Crippen molar-refractivity contribution in [3.05, 3.63) is 0 Å². The van der Waals surface area contributed by atoms with Crippen molar-refractivity contribution in [2.75, 3.05) is 6.73 Å². The van der Waals surface area contributed by atoms with E-state index in [2.05, 4.69) is 10.6 Å². The number of rotatable bonds is 7. The van der Waals surface area contributed by atoms with Gasteiger partial charge in [-0.15, -0.1) is 11.6 Å². The maximum atomic E-state index is 10.2. The first-order chi connectivity index (χ1) is 6.39. The number of alkyl halides is 1. The fourth-order valence-electron chi connectivity index (χ4n) is 0.684. The molecule has 14 heavy (non-hydrogen) atoms. The van der Waals surface area contributed by atoms with Crippen molar-refractivity contribution >= 4 is 18.0 Å². The van der Waals surface area contributed by atoms with Crippen LogP contribution >= 0.6 is 11.6 Å². The predicted octanol–water partition coefficient (Wildman–Crippen LogP) is 1.05. The summed E-state index contributed by atoms with van der Waals surface area (Å²) in [5.41, 5.74) is -0.461. The molecule has 0 saturated heterocycles. The molecule has 0 aliphatic heterocycles. The molecule has 0 rings (SSSR count). The minimum absolute atomic E-state index is 0.0174. The summed E-state index contributed by atoms with van der Waals surface area (Å²) in [6.07, 6.45) is 0.636. The summed E-state index contributed by atoms with van der Waals surface area (Å²) in [6, 6.07) is 0. The maximum absolute atomic E-state index is 10.2. The van der Waals surface area contributed by atoms with Crippen LogP contribution in [0.1, 0.15) is 27.7 Å². The van der Waals surface area contributed by atoms with Crippen molar-refractivity contribution in [2.45, 2.75) is 44.8 Å². The molecular weight excluding hydrogens is 204 g/mol. The Bertz CT molecular complexity index is 174. The first-order valence-electron chi connectivity index (χ1n) is 4.61. The van der Waals surface area contributed by atoms with E-state index in [0.29, 0.717) is 13.1 Å². The topological polar surface area (TPSA) is 50.4 Å². The van der Waals surface area contributed by atoms with Gasteiger partial charge in [-0.2, -0.15) is 0 Å². The molecule has 0 aromatic carbocycles. The molecule has 4 nitrogen and oxygen atoms in total. The molecule has 0 aromatic rings. The van der Waals surface area contributed by atoms with Gasteiger partial charge < -0.3 is 10.1 Å². The second-order valence-electron chi connectivity index (χ2n) is 3.76. The minimum Gasteiger partial charge on any atom is -0.362 e. The molecule has 0 radical (unpaired) electrons. The highest BCUT2D eigenvalue weighted by molar-refractivity contribution is 6.20. The Labute approximate surface area is 90.3 Å². The lowest BCUT2D eigenvalue weighted by molar-refractivity contribution is -0.111. The molecule has 0 fully saturated rings. The van der Waals surface area contributed by atoms with E-state index in [9.17, 15) is 4.79 Å². The van der Waals surface area contributed by atoms with Gasteiger partial charge in [0, 0.05) is 0 Å². The van der Waals surface area contributed by atoms with Crippen molar-refractivity contribution in [1.82, 2.24) is 10.6 Å². The molecule has 84 valence electrons. The number of amides is 1. The highest BCUT2D eigenvalue weighted by atomic mass is 35.5. The van der Waals surface area contributed by atoms with Gasteiger partial charge in [0.25, 0.3) is 0 Å². The molecule has 2 N–H and O–H groups in total. The summed E-state index contributed by atoms with van der Waals surface area (Å²) < 4.78 is 5.39. The summed E-state index contributed by atoms with van der Waals surface area (Å²) in [7, 11) is 0. The first kappa shape index (κ1) is 13.7. The average molecular weight is 223 g/mol. The van der Waals surface area contributed by atoms with E-state index in [1.54, 1.807) is 0 Å². The molecule has 0 saturated carbocycles. The second-order valence-corrected chi connectivity index (χ2v) is 4.45. The van der Waals surface area contributed by atoms with Crippen LogP contribution in [0.25, 0.3) is 0 Å². The summed E-state index contributed by atoms with van der Waals surface area (Å²) in [5, 5.41) is 5.61. The van der Waals surface area contributed by atoms with Gasteiger partial charge in [0.1, 0.15) is 0 Å². The van der Waals surface area contributed by atoms with Crippen LogP contribution in [0.2, 0.25) is 0 Å².